The maximum absolute atomic E-state index is 13.1. The molecule has 4 aromatic heterocycles. The Labute approximate surface area is 214 Å². The number of alkyl halides is 6. The van der Waals surface area contributed by atoms with E-state index in [1.54, 1.807) is 0 Å². The molecule has 39 heavy (non-hydrogen) atoms. The molecule has 0 aliphatic rings. The van der Waals surface area contributed by atoms with Crippen molar-refractivity contribution in [3.63, 3.8) is 0 Å². The Morgan fingerprint density at radius 1 is 0.744 bits per heavy atom. The zero-order valence-corrected chi connectivity index (χ0v) is 19.6. The number of nitrogen functional groups attached to an aromatic ring is 1. The van der Waals surface area contributed by atoms with Gasteiger partial charge < -0.3 is 11.1 Å². The lowest BCUT2D eigenvalue weighted by molar-refractivity contribution is -0.141. The highest BCUT2D eigenvalue weighted by Crippen LogP contribution is 2.35. The fourth-order valence-corrected chi connectivity index (χ4v) is 3.09. The second kappa shape index (κ2) is 11.4. The monoisotopic (exact) mass is 556 g/mol. The van der Waals surface area contributed by atoms with E-state index >= 15 is 0 Å². The first-order valence-electron chi connectivity index (χ1n) is 10.6. The molecule has 0 saturated carbocycles. The van der Waals surface area contributed by atoms with Gasteiger partial charge in [-0.25, -0.2) is 18.7 Å². The topological polar surface area (TPSA) is 107 Å². The molecule has 0 spiro atoms. The quantitative estimate of drug-likeness (QED) is 0.294. The van der Waals surface area contributed by atoms with Gasteiger partial charge in [-0.1, -0.05) is 0 Å². The highest BCUT2D eigenvalue weighted by molar-refractivity contribution is 5.89. The molecule has 0 bridgehead atoms. The largest absolute Gasteiger partial charge is 0.435 e. The number of nitrogens with zero attached hydrogens (tertiary/aromatic N) is 4. The van der Waals surface area contributed by atoms with Crippen LogP contribution in [0.1, 0.15) is 18.3 Å². The molecule has 0 radical (unpaired) electrons. The van der Waals surface area contributed by atoms with Crippen molar-refractivity contribution in [2.75, 3.05) is 11.1 Å². The van der Waals surface area contributed by atoms with E-state index in [0.29, 0.717) is 0 Å². The minimum atomic E-state index is -4.76. The normalized spacial score (nSPS) is 11.4. The molecular formula is C24H16F8N6O. The summed E-state index contributed by atoms with van der Waals surface area (Å²) in [5.74, 6) is -1.99. The van der Waals surface area contributed by atoms with Gasteiger partial charge in [0.05, 0.1) is 35.2 Å². The maximum atomic E-state index is 13.1. The molecule has 0 fully saturated rings. The molecule has 0 aliphatic carbocycles. The summed E-state index contributed by atoms with van der Waals surface area (Å²) < 4.78 is 103. The number of hydrogen-bond donors (Lipinski definition) is 2. The van der Waals surface area contributed by atoms with Crippen LogP contribution in [-0.4, -0.2) is 25.8 Å². The van der Waals surface area contributed by atoms with Crippen LogP contribution in [0, 0.1) is 11.6 Å². The summed E-state index contributed by atoms with van der Waals surface area (Å²) in [6.07, 6.45) is -5.11. The maximum Gasteiger partial charge on any atom is 0.435 e. The second-order valence-corrected chi connectivity index (χ2v) is 7.69. The fourth-order valence-electron chi connectivity index (χ4n) is 3.09. The van der Waals surface area contributed by atoms with Crippen LogP contribution in [0.2, 0.25) is 0 Å². The lowest BCUT2D eigenvalue weighted by Crippen LogP contribution is -2.16. The van der Waals surface area contributed by atoms with E-state index < -0.39 is 52.7 Å². The molecule has 204 valence electrons. The number of nitrogens with two attached hydrogens (primary N) is 1. The number of rotatable bonds is 3. The van der Waals surface area contributed by atoms with Crippen LogP contribution in [-0.2, 0) is 17.1 Å². The second-order valence-electron chi connectivity index (χ2n) is 7.69. The number of nitrogens with one attached hydrogen (secondary N) is 1. The van der Waals surface area contributed by atoms with E-state index in [1.807, 2.05) is 0 Å². The van der Waals surface area contributed by atoms with E-state index in [9.17, 15) is 39.9 Å². The zero-order chi connectivity index (χ0) is 29.0. The van der Waals surface area contributed by atoms with Crippen LogP contribution in [0.3, 0.4) is 0 Å². The van der Waals surface area contributed by atoms with Crippen molar-refractivity contribution in [1.82, 2.24) is 19.9 Å². The Morgan fingerprint density at radius 2 is 1.21 bits per heavy atom. The number of pyridine rings is 4. The van der Waals surface area contributed by atoms with Crippen LogP contribution in [0.15, 0.2) is 61.2 Å². The number of amides is 1. The average molecular weight is 556 g/mol. The molecule has 4 aromatic rings. The van der Waals surface area contributed by atoms with Gasteiger partial charge in [0, 0.05) is 30.4 Å². The van der Waals surface area contributed by atoms with Gasteiger partial charge in [0.25, 0.3) is 0 Å². The third kappa shape index (κ3) is 7.66. The summed E-state index contributed by atoms with van der Waals surface area (Å²) in [4.78, 5) is 24.9. The molecule has 7 nitrogen and oxygen atoms in total. The van der Waals surface area contributed by atoms with Crippen molar-refractivity contribution in [2.24, 2.45) is 0 Å². The van der Waals surface area contributed by atoms with Gasteiger partial charge >= 0.3 is 12.4 Å². The number of aromatic nitrogens is 4. The number of halogens is 8. The molecule has 3 N–H and O–H groups in total. The molecule has 15 heteroatoms. The first-order valence-corrected chi connectivity index (χ1v) is 10.6. The molecule has 0 atom stereocenters. The standard InChI is InChI=1S/C13H9F4N3O.C11H7F4N3/c1-7(21)19-11-3-2-10(20-12(11)13(15,16)17)8-4-9(14)6-18-5-8;12-7-3-6(4-17-5-7)9-2-1-8(16)10(18-9)11(13,14)15/h2-6H,1H3,(H,19,21);1-5H,16H2. The Bertz CT molecular complexity index is 1490. The van der Waals surface area contributed by atoms with Crippen LogP contribution in [0.25, 0.3) is 22.5 Å². The fraction of sp³-hybridized carbons (Fsp3) is 0.125. The average Bonchev–Trinajstić information content (AvgIpc) is 2.83. The number of hydrogen-bond acceptors (Lipinski definition) is 6. The predicted octanol–water partition coefficient (Wildman–Crippen LogP) is 6.14. The van der Waals surface area contributed by atoms with E-state index in [2.05, 4.69) is 25.3 Å². The number of anilines is 2. The summed E-state index contributed by atoms with van der Waals surface area (Å²) >= 11 is 0. The summed E-state index contributed by atoms with van der Waals surface area (Å²) in [6.45, 7) is 1.09. The predicted molar refractivity (Wildman–Crippen MR) is 124 cm³/mol. The Hall–Kier alpha value is -4.69. The van der Waals surface area contributed by atoms with Crippen molar-refractivity contribution >= 4 is 17.3 Å². The minimum Gasteiger partial charge on any atom is -0.397 e. The lowest BCUT2D eigenvalue weighted by Gasteiger charge is -2.13. The van der Waals surface area contributed by atoms with Crippen LogP contribution < -0.4 is 11.1 Å². The van der Waals surface area contributed by atoms with Crippen molar-refractivity contribution in [3.05, 3.63) is 84.2 Å². The SMILES string of the molecule is CC(=O)Nc1ccc(-c2cncc(F)c2)nc1C(F)(F)F.Nc1ccc(-c2cncc(F)c2)nc1C(F)(F)F. The first-order chi connectivity index (χ1) is 18.1. The van der Waals surface area contributed by atoms with Crippen LogP contribution >= 0.6 is 0 Å². The van der Waals surface area contributed by atoms with Gasteiger partial charge in [0.15, 0.2) is 11.4 Å². The third-order valence-electron chi connectivity index (χ3n) is 4.67. The molecule has 0 aromatic carbocycles. The van der Waals surface area contributed by atoms with E-state index in [0.717, 1.165) is 43.6 Å². The molecular weight excluding hydrogens is 540 g/mol. The van der Waals surface area contributed by atoms with Crippen molar-refractivity contribution < 1.29 is 39.9 Å². The molecule has 0 unspecified atom stereocenters. The van der Waals surface area contributed by atoms with Crippen molar-refractivity contribution in [1.29, 1.82) is 0 Å². The van der Waals surface area contributed by atoms with Crippen molar-refractivity contribution in [2.45, 2.75) is 19.3 Å². The Balaban J connectivity index is 0.000000218. The van der Waals surface area contributed by atoms with E-state index in [1.165, 1.54) is 24.5 Å². The molecule has 0 aliphatic heterocycles. The summed E-state index contributed by atoms with van der Waals surface area (Å²) in [6, 6.07) is 6.74. The summed E-state index contributed by atoms with van der Waals surface area (Å²) in [7, 11) is 0. The van der Waals surface area contributed by atoms with E-state index in [-0.39, 0.29) is 22.5 Å². The van der Waals surface area contributed by atoms with Crippen LogP contribution in [0.4, 0.5) is 46.5 Å². The smallest absolute Gasteiger partial charge is 0.397 e. The van der Waals surface area contributed by atoms with Gasteiger partial charge in [0.2, 0.25) is 5.91 Å². The number of carbonyl (C=O) groups excluding carboxylic acids is 1. The Morgan fingerprint density at radius 3 is 1.64 bits per heavy atom. The highest BCUT2D eigenvalue weighted by Gasteiger charge is 2.36. The van der Waals surface area contributed by atoms with Gasteiger partial charge in [0.1, 0.15) is 11.6 Å². The molecule has 4 rings (SSSR count). The van der Waals surface area contributed by atoms with Gasteiger partial charge in [-0.05, 0) is 36.4 Å². The molecule has 4 heterocycles. The van der Waals surface area contributed by atoms with Gasteiger partial charge in [-0.3, -0.25) is 14.8 Å². The van der Waals surface area contributed by atoms with Crippen molar-refractivity contribution in [3.8, 4) is 22.5 Å². The lowest BCUT2D eigenvalue weighted by atomic mass is 10.1. The highest BCUT2D eigenvalue weighted by atomic mass is 19.4. The third-order valence-corrected chi connectivity index (χ3v) is 4.67. The zero-order valence-electron chi connectivity index (χ0n) is 19.6. The van der Waals surface area contributed by atoms with Gasteiger partial charge in [-0.15, -0.1) is 0 Å². The molecule has 0 saturated heterocycles. The minimum absolute atomic E-state index is 0.0384. The van der Waals surface area contributed by atoms with Crippen LogP contribution in [0.5, 0.6) is 0 Å². The van der Waals surface area contributed by atoms with Gasteiger partial charge in [-0.2, -0.15) is 26.3 Å². The summed E-state index contributed by atoms with van der Waals surface area (Å²) in [5, 5.41) is 2.06. The molecule has 1 amide bonds. The summed E-state index contributed by atoms with van der Waals surface area (Å²) in [5.41, 5.74) is 1.97. The number of carbonyl (C=O) groups is 1. The van der Waals surface area contributed by atoms with E-state index in [4.69, 9.17) is 5.73 Å². The first kappa shape index (κ1) is 28.9. The Kier molecular flexibility index (Phi) is 8.42.